The number of nitrogens with one attached hydrogen (secondary N) is 1. The molecule has 1 aliphatic rings. The quantitative estimate of drug-likeness (QED) is 0.884. The summed E-state index contributed by atoms with van der Waals surface area (Å²) in [4.78, 5) is 0. The first-order valence-corrected chi connectivity index (χ1v) is 7.05. The minimum Gasteiger partial charge on any atom is -0.497 e. The Kier molecular flexibility index (Phi) is 4.48. The smallest absolute Gasteiger partial charge is 0.118 e. The van der Waals surface area contributed by atoms with Crippen molar-refractivity contribution in [3.8, 4) is 5.75 Å². The molecule has 1 heterocycles. The van der Waals surface area contributed by atoms with Crippen molar-refractivity contribution in [3.05, 3.63) is 29.8 Å². The lowest BCUT2D eigenvalue weighted by atomic mass is 10.1. The molecule has 0 bridgehead atoms. The number of benzene rings is 1. The van der Waals surface area contributed by atoms with Gasteiger partial charge in [-0.15, -0.1) is 0 Å². The maximum atomic E-state index is 5.99. The molecule has 0 radical (unpaired) electrons. The van der Waals surface area contributed by atoms with Crippen LogP contribution in [-0.2, 0) is 4.74 Å². The van der Waals surface area contributed by atoms with Crippen LogP contribution in [0, 0.1) is 0 Å². The zero-order valence-corrected chi connectivity index (χ0v) is 12.4. The van der Waals surface area contributed by atoms with Crippen molar-refractivity contribution in [1.82, 2.24) is 5.32 Å². The maximum Gasteiger partial charge on any atom is 0.118 e. The fourth-order valence-corrected chi connectivity index (χ4v) is 2.54. The first-order valence-electron chi connectivity index (χ1n) is 7.05. The van der Waals surface area contributed by atoms with Crippen LogP contribution in [0.15, 0.2) is 24.3 Å². The van der Waals surface area contributed by atoms with Crippen LogP contribution in [0.3, 0.4) is 0 Å². The van der Waals surface area contributed by atoms with Gasteiger partial charge in [-0.1, -0.05) is 12.1 Å². The summed E-state index contributed by atoms with van der Waals surface area (Å²) in [6, 6.07) is 8.55. The highest BCUT2D eigenvalue weighted by Gasteiger charge is 2.31. The molecule has 0 saturated carbocycles. The molecule has 1 aliphatic heterocycles. The van der Waals surface area contributed by atoms with Gasteiger partial charge in [0.1, 0.15) is 5.75 Å². The van der Waals surface area contributed by atoms with Gasteiger partial charge < -0.3 is 14.8 Å². The van der Waals surface area contributed by atoms with E-state index in [1.807, 2.05) is 12.1 Å². The average Bonchev–Trinajstić information content (AvgIpc) is 2.76. The Balaban J connectivity index is 1.82. The molecule has 3 nitrogen and oxygen atoms in total. The molecular weight excluding hydrogens is 238 g/mol. The molecule has 2 rings (SSSR count). The van der Waals surface area contributed by atoms with Crippen LogP contribution in [0.1, 0.15) is 45.2 Å². The largest absolute Gasteiger partial charge is 0.497 e. The van der Waals surface area contributed by atoms with Crippen molar-refractivity contribution in [1.29, 1.82) is 0 Å². The summed E-state index contributed by atoms with van der Waals surface area (Å²) in [7, 11) is 1.69. The van der Waals surface area contributed by atoms with Gasteiger partial charge in [0.2, 0.25) is 0 Å². The Bertz CT molecular complexity index is 400. The van der Waals surface area contributed by atoms with Gasteiger partial charge >= 0.3 is 0 Å². The molecule has 0 spiro atoms. The average molecular weight is 263 g/mol. The second kappa shape index (κ2) is 5.93. The summed E-state index contributed by atoms with van der Waals surface area (Å²) >= 11 is 0. The Morgan fingerprint density at radius 1 is 1.37 bits per heavy atom. The van der Waals surface area contributed by atoms with Gasteiger partial charge in [0.05, 0.1) is 18.8 Å². The van der Waals surface area contributed by atoms with Crippen LogP contribution in [0.5, 0.6) is 5.75 Å². The predicted molar refractivity (Wildman–Crippen MR) is 77.6 cm³/mol. The van der Waals surface area contributed by atoms with Crippen LogP contribution in [0.2, 0.25) is 0 Å². The first kappa shape index (κ1) is 14.4. The van der Waals surface area contributed by atoms with Crippen molar-refractivity contribution in [2.45, 2.75) is 51.4 Å². The van der Waals surface area contributed by atoms with Crippen LogP contribution in [-0.4, -0.2) is 25.4 Å². The van der Waals surface area contributed by atoms with E-state index in [9.17, 15) is 0 Å². The minimum atomic E-state index is 0.0513. The molecule has 0 aromatic heterocycles. The number of ether oxygens (including phenoxy) is 2. The number of methoxy groups -OCH3 is 1. The minimum absolute atomic E-state index is 0.0513. The van der Waals surface area contributed by atoms with Gasteiger partial charge in [0.15, 0.2) is 0 Å². The van der Waals surface area contributed by atoms with E-state index >= 15 is 0 Å². The first-order chi connectivity index (χ1) is 9.00. The van der Waals surface area contributed by atoms with Crippen molar-refractivity contribution < 1.29 is 9.47 Å². The molecule has 0 amide bonds. The maximum absolute atomic E-state index is 5.99. The third-order valence-corrected chi connectivity index (χ3v) is 3.82. The van der Waals surface area contributed by atoms with Crippen molar-refractivity contribution in [2.24, 2.45) is 0 Å². The summed E-state index contributed by atoms with van der Waals surface area (Å²) in [6.45, 7) is 7.43. The topological polar surface area (TPSA) is 30.5 Å². The van der Waals surface area contributed by atoms with Crippen molar-refractivity contribution in [3.63, 3.8) is 0 Å². The Hall–Kier alpha value is -1.06. The number of hydrogen-bond acceptors (Lipinski definition) is 3. The fourth-order valence-electron chi connectivity index (χ4n) is 2.54. The van der Waals surface area contributed by atoms with Gasteiger partial charge in [-0.05, 0) is 51.3 Å². The SMILES string of the molecule is COc1ccc(C(C)NCC2CCC(C)(C)O2)cc1. The molecule has 1 N–H and O–H groups in total. The molecule has 1 aromatic carbocycles. The monoisotopic (exact) mass is 263 g/mol. The summed E-state index contributed by atoms with van der Waals surface area (Å²) in [5, 5.41) is 3.55. The van der Waals surface area contributed by atoms with Crippen molar-refractivity contribution in [2.75, 3.05) is 13.7 Å². The van der Waals surface area contributed by atoms with Gasteiger partial charge in [-0.2, -0.15) is 0 Å². The molecule has 1 aromatic rings. The van der Waals surface area contributed by atoms with E-state index < -0.39 is 0 Å². The third kappa shape index (κ3) is 3.95. The van der Waals surface area contributed by atoms with Crippen LogP contribution in [0.25, 0.3) is 0 Å². The van der Waals surface area contributed by atoms with Gasteiger partial charge in [-0.25, -0.2) is 0 Å². The van der Waals surface area contributed by atoms with E-state index in [4.69, 9.17) is 9.47 Å². The van der Waals surface area contributed by atoms with E-state index in [1.54, 1.807) is 7.11 Å². The molecule has 2 unspecified atom stereocenters. The van der Waals surface area contributed by atoms with Gasteiger partial charge in [-0.3, -0.25) is 0 Å². The second-order valence-electron chi connectivity index (χ2n) is 5.94. The second-order valence-corrected chi connectivity index (χ2v) is 5.94. The Morgan fingerprint density at radius 3 is 2.58 bits per heavy atom. The molecular formula is C16H25NO2. The lowest BCUT2D eigenvalue weighted by Crippen LogP contribution is -2.31. The molecule has 1 fully saturated rings. The van der Waals surface area contributed by atoms with E-state index in [1.165, 1.54) is 5.56 Å². The summed E-state index contributed by atoms with van der Waals surface area (Å²) in [5.74, 6) is 0.900. The Labute approximate surface area is 116 Å². The number of rotatable bonds is 5. The highest BCUT2D eigenvalue weighted by atomic mass is 16.5. The van der Waals surface area contributed by atoms with Crippen LogP contribution in [0.4, 0.5) is 0 Å². The normalized spacial score (nSPS) is 23.3. The molecule has 3 heteroatoms. The number of hydrogen-bond donors (Lipinski definition) is 1. The highest BCUT2D eigenvalue weighted by Crippen LogP contribution is 2.29. The lowest BCUT2D eigenvalue weighted by Gasteiger charge is -2.21. The van der Waals surface area contributed by atoms with E-state index in [-0.39, 0.29) is 5.60 Å². The zero-order valence-electron chi connectivity index (χ0n) is 12.4. The molecule has 0 aliphatic carbocycles. The summed E-state index contributed by atoms with van der Waals surface area (Å²) < 4.78 is 11.2. The lowest BCUT2D eigenvalue weighted by molar-refractivity contribution is -0.0150. The standard InChI is InChI=1S/C16H25NO2/c1-12(13-5-7-14(18-4)8-6-13)17-11-15-9-10-16(2,3)19-15/h5-8,12,15,17H,9-11H2,1-4H3. The fraction of sp³-hybridized carbons (Fsp3) is 0.625. The summed E-state index contributed by atoms with van der Waals surface area (Å²) in [5.41, 5.74) is 1.33. The molecule has 2 atom stereocenters. The predicted octanol–water partition coefficient (Wildman–Crippen LogP) is 3.30. The zero-order chi connectivity index (χ0) is 13.9. The Morgan fingerprint density at radius 2 is 2.05 bits per heavy atom. The van der Waals surface area contributed by atoms with Gasteiger partial charge in [0, 0.05) is 12.6 Å². The van der Waals surface area contributed by atoms with Crippen LogP contribution >= 0.6 is 0 Å². The van der Waals surface area contributed by atoms with E-state index in [0.717, 1.165) is 25.1 Å². The molecule has 106 valence electrons. The van der Waals surface area contributed by atoms with Gasteiger partial charge in [0.25, 0.3) is 0 Å². The molecule has 1 saturated heterocycles. The summed E-state index contributed by atoms with van der Waals surface area (Å²) in [6.07, 6.45) is 2.64. The van der Waals surface area contributed by atoms with Crippen molar-refractivity contribution >= 4 is 0 Å². The third-order valence-electron chi connectivity index (χ3n) is 3.82. The van der Waals surface area contributed by atoms with E-state index in [2.05, 4.69) is 38.2 Å². The van der Waals surface area contributed by atoms with E-state index in [0.29, 0.717) is 12.1 Å². The highest BCUT2D eigenvalue weighted by molar-refractivity contribution is 5.28. The van der Waals surface area contributed by atoms with Crippen LogP contribution < -0.4 is 10.1 Å². The molecule has 19 heavy (non-hydrogen) atoms.